The van der Waals surface area contributed by atoms with Gasteiger partial charge in [-0.1, -0.05) is 69.9 Å². The maximum Gasteiger partial charge on any atom is 0.251 e. The fourth-order valence-electron chi connectivity index (χ4n) is 6.35. The van der Waals surface area contributed by atoms with E-state index >= 15 is 0 Å². The van der Waals surface area contributed by atoms with Gasteiger partial charge in [-0.05, 0) is 80.6 Å². The van der Waals surface area contributed by atoms with E-state index in [-0.39, 0.29) is 17.9 Å². The van der Waals surface area contributed by atoms with Crippen LogP contribution < -0.4 is 10.2 Å². The largest absolute Gasteiger partial charge is 0.350 e. The smallest absolute Gasteiger partial charge is 0.251 e. The molecule has 6 nitrogen and oxygen atoms in total. The van der Waals surface area contributed by atoms with Gasteiger partial charge in [-0.15, -0.1) is 0 Å². The van der Waals surface area contributed by atoms with Crippen LogP contribution in [-0.2, 0) is 11.3 Å². The summed E-state index contributed by atoms with van der Waals surface area (Å²) in [6, 6.07) is 16.7. The second kappa shape index (κ2) is 15.3. The van der Waals surface area contributed by atoms with Gasteiger partial charge in [-0.3, -0.25) is 19.4 Å². The molecule has 0 aromatic heterocycles. The van der Waals surface area contributed by atoms with Gasteiger partial charge < -0.3 is 10.2 Å². The molecule has 40 heavy (non-hydrogen) atoms. The predicted octanol–water partition coefficient (Wildman–Crippen LogP) is 6.42. The van der Waals surface area contributed by atoms with Gasteiger partial charge in [-0.25, -0.2) is 0 Å². The van der Waals surface area contributed by atoms with Crippen molar-refractivity contribution in [2.24, 2.45) is 5.92 Å². The van der Waals surface area contributed by atoms with Crippen molar-refractivity contribution in [3.05, 3.63) is 65.2 Å². The minimum Gasteiger partial charge on any atom is -0.350 e. The minimum atomic E-state index is -0.0448. The molecular weight excluding hydrogens is 496 g/mol. The van der Waals surface area contributed by atoms with Gasteiger partial charge in [0.05, 0.1) is 6.04 Å². The molecule has 4 rings (SSSR count). The molecule has 2 heterocycles. The average Bonchev–Trinajstić information content (AvgIpc) is 2.94. The fourth-order valence-corrected chi connectivity index (χ4v) is 6.35. The lowest BCUT2D eigenvalue weighted by molar-refractivity contribution is -0.116. The lowest BCUT2D eigenvalue weighted by Gasteiger charge is -2.35. The first-order valence-corrected chi connectivity index (χ1v) is 15.6. The van der Waals surface area contributed by atoms with Crippen molar-refractivity contribution in [3.8, 4) is 0 Å². The van der Waals surface area contributed by atoms with Crippen molar-refractivity contribution in [2.75, 3.05) is 44.2 Å². The number of amides is 2. The molecule has 1 atom stereocenters. The highest BCUT2D eigenvalue weighted by molar-refractivity contribution is 5.97. The Morgan fingerprint density at radius 1 is 0.825 bits per heavy atom. The third-order valence-electron chi connectivity index (χ3n) is 8.36. The molecule has 2 aliphatic rings. The predicted molar refractivity (Wildman–Crippen MR) is 165 cm³/mol. The topological polar surface area (TPSA) is 55.9 Å². The number of fused-ring (bicyclic) bond motifs is 1. The molecule has 0 radical (unpaired) electrons. The van der Waals surface area contributed by atoms with E-state index in [1.54, 1.807) is 6.92 Å². The highest BCUT2D eigenvalue weighted by Gasteiger charge is 2.24. The van der Waals surface area contributed by atoms with Crippen LogP contribution in [0.15, 0.2) is 48.5 Å². The van der Waals surface area contributed by atoms with Crippen LogP contribution in [0.4, 0.5) is 5.69 Å². The van der Waals surface area contributed by atoms with E-state index in [0.29, 0.717) is 18.0 Å². The summed E-state index contributed by atoms with van der Waals surface area (Å²) in [5, 5.41) is 3.27. The molecule has 2 aliphatic heterocycles. The summed E-state index contributed by atoms with van der Waals surface area (Å²) in [5.41, 5.74) is 3.95. The third-order valence-corrected chi connectivity index (χ3v) is 8.36. The number of hydrogen-bond acceptors (Lipinski definition) is 4. The van der Waals surface area contributed by atoms with Gasteiger partial charge in [-0.2, -0.15) is 0 Å². The van der Waals surface area contributed by atoms with E-state index < -0.39 is 0 Å². The van der Waals surface area contributed by atoms with Crippen LogP contribution in [0.1, 0.15) is 99.7 Å². The van der Waals surface area contributed by atoms with Crippen molar-refractivity contribution >= 4 is 17.5 Å². The number of likely N-dealkylation sites (tertiary alicyclic amines) is 1. The Labute approximate surface area is 242 Å². The van der Waals surface area contributed by atoms with Crippen LogP contribution in [0.3, 0.4) is 0 Å². The number of carbonyl (C=O) groups excluding carboxylic acids is 2. The van der Waals surface area contributed by atoms with Gasteiger partial charge in [0, 0.05) is 44.4 Å². The number of nitrogens with one attached hydrogen (secondary N) is 1. The number of nitrogens with zero attached hydrogens (tertiary/aromatic N) is 3. The molecule has 6 heteroatoms. The Morgan fingerprint density at radius 2 is 1.48 bits per heavy atom. The second-order valence-electron chi connectivity index (χ2n) is 12.1. The Bertz CT molecular complexity index is 1080. The Balaban J connectivity index is 1.57. The maximum absolute atomic E-state index is 13.6. The standard InChI is InChI=1S/C34H50N4O2/c1-27(2)25-36-19-11-5-4-6-14-22-38(28(3)39)32-18-17-30(23-31(32)26-36)34(40)35-24-33(29-15-9-7-10-16-29)37-20-12-8-13-21-37/h7,9-10,15-18,23,27,33H,4-6,8,11-14,19-22,24-26H2,1-3H3,(H,35,40). The average molecular weight is 547 g/mol. The quantitative estimate of drug-likeness (QED) is 0.436. The molecule has 0 spiro atoms. The van der Waals surface area contributed by atoms with Crippen LogP contribution in [0.25, 0.3) is 0 Å². The van der Waals surface area contributed by atoms with Crippen LogP contribution in [-0.4, -0.2) is 60.9 Å². The summed E-state index contributed by atoms with van der Waals surface area (Å²) >= 11 is 0. The zero-order valence-electron chi connectivity index (χ0n) is 25.0. The van der Waals surface area contributed by atoms with Gasteiger partial charge in [0.15, 0.2) is 0 Å². The fraction of sp³-hybridized carbons (Fsp3) is 0.588. The first-order chi connectivity index (χ1) is 19.4. The number of carbonyl (C=O) groups is 2. The summed E-state index contributed by atoms with van der Waals surface area (Å²) in [5.74, 6) is 0.575. The molecule has 0 bridgehead atoms. The molecular formula is C34H50N4O2. The van der Waals surface area contributed by atoms with Gasteiger partial charge in [0.2, 0.25) is 5.91 Å². The monoisotopic (exact) mass is 546 g/mol. The van der Waals surface area contributed by atoms with Crippen LogP contribution in [0.2, 0.25) is 0 Å². The first kappa shape index (κ1) is 30.3. The van der Waals surface area contributed by atoms with Gasteiger partial charge >= 0.3 is 0 Å². The van der Waals surface area contributed by atoms with E-state index in [1.165, 1.54) is 44.1 Å². The molecule has 2 aromatic rings. The molecule has 0 saturated carbocycles. The Morgan fingerprint density at radius 3 is 2.17 bits per heavy atom. The van der Waals surface area contributed by atoms with E-state index in [9.17, 15) is 9.59 Å². The molecule has 218 valence electrons. The SMILES string of the molecule is CC(=O)N1CCCCCCCN(CC(C)C)Cc2cc(C(=O)NCC(c3ccccc3)N3CCCCC3)ccc21. The summed E-state index contributed by atoms with van der Waals surface area (Å²) in [6.07, 6.45) is 9.49. The summed E-state index contributed by atoms with van der Waals surface area (Å²) in [6.45, 7) is 12.4. The van der Waals surface area contributed by atoms with Gasteiger partial charge in [0.1, 0.15) is 0 Å². The summed E-state index contributed by atoms with van der Waals surface area (Å²) in [4.78, 5) is 33.3. The number of piperidine rings is 1. The van der Waals surface area contributed by atoms with Crippen molar-refractivity contribution < 1.29 is 9.59 Å². The molecule has 2 amide bonds. The van der Waals surface area contributed by atoms with E-state index in [0.717, 1.165) is 63.4 Å². The van der Waals surface area contributed by atoms with Crippen LogP contribution in [0.5, 0.6) is 0 Å². The summed E-state index contributed by atoms with van der Waals surface area (Å²) < 4.78 is 0. The first-order valence-electron chi connectivity index (χ1n) is 15.6. The zero-order valence-corrected chi connectivity index (χ0v) is 25.0. The molecule has 2 aromatic carbocycles. The van der Waals surface area contributed by atoms with E-state index in [1.807, 2.05) is 29.2 Å². The van der Waals surface area contributed by atoms with Crippen molar-refractivity contribution in [2.45, 2.75) is 84.7 Å². The minimum absolute atomic E-state index is 0.0448. The van der Waals surface area contributed by atoms with Gasteiger partial charge in [0.25, 0.3) is 5.91 Å². The maximum atomic E-state index is 13.6. The zero-order chi connectivity index (χ0) is 28.3. The third kappa shape index (κ3) is 8.65. The Kier molecular flexibility index (Phi) is 11.6. The lowest BCUT2D eigenvalue weighted by atomic mass is 10.0. The number of anilines is 1. The highest BCUT2D eigenvalue weighted by Crippen LogP contribution is 2.27. The number of rotatable bonds is 7. The molecule has 1 N–H and O–H groups in total. The second-order valence-corrected chi connectivity index (χ2v) is 12.1. The van der Waals surface area contributed by atoms with Crippen molar-refractivity contribution in [1.29, 1.82) is 0 Å². The number of hydrogen-bond donors (Lipinski definition) is 1. The number of benzene rings is 2. The van der Waals surface area contributed by atoms with Crippen LogP contribution in [0, 0.1) is 5.92 Å². The normalized spacial score (nSPS) is 18.9. The van der Waals surface area contributed by atoms with Crippen molar-refractivity contribution in [1.82, 2.24) is 15.1 Å². The molecule has 1 unspecified atom stereocenters. The molecule has 0 aliphatic carbocycles. The van der Waals surface area contributed by atoms with E-state index in [4.69, 9.17) is 0 Å². The Hall–Kier alpha value is -2.70. The molecule has 1 fully saturated rings. The van der Waals surface area contributed by atoms with Crippen LogP contribution >= 0.6 is 0 Å². The van der Waals surface area contributed by atoms with E-state index in [2.05, 4.69) is 53.2 Å². The molecule has 1 saturated heterocycles. The van der Waals surface area contributed by atoms with Crippen molar-refractivity contribution in [3.63, 3.8) is 0 Å². The summed E-state index contributed by atoms with van der Waals surface area (Å²) in [7, 11) is 0. The highest BCUT2D eigenvalue weighted by atomic mass is 16.2. The lowest BCUT2D eigenvalue weighted by Crippen LogP contribution is -2.40.